The van der Waals surface area contributed by atoms with Crippen molar-refractivity contribution in [3.05, 3.63) is 33.5 Å². The molecule has 2 heterocycles. The normalized spacial score (nSPS) is 16.6. The van der Waals surface area contributed by atoms with E-state index in [2.05, 4.69) is 17.4 Å². The van der Waals surface area contributed by atoms with Crippen molar-refractivity contribution in [2.45, 2.75) is 53.1 Å². The molecule has 29 heavy (non-hydrogen) atoms. The third-order valence-electron chi connectivity index (χ3n) is 4.71. The van der Waals surface area contributed by atoms with E-state index >= 15 is 0 Å². The van der Waals surface area contributed by atoms with Gasteiger partial charge in [0, 0.05) is 10.9 Å². The molecule has 1 aliphatic carbocycles. The van der Waals surface area contributed by atoms with Crippen molar-refractivity contribution in [1.29, 1.82) is 0 Å². The van der Waals surface area contributed by atoms with Gasteiger partial charge in [0.25, 0.3) is 5.91 Å². The molecule has 2 aromatic heterocycles. The Morgan fingerprint density at radius 3 is 2.79 bits per heavy atom. The third kappa shape index (κ3) is 4.67. The molecular weight excluding hydrogens is 396 g/mol. The van der Waals surface area contributed by atoms with E-state index in [0.29, 0.717) is 22.2 Å². The molecule has 0 unspecified atom stereocenters. The van der Waals surface area contributed by atoms with E-state index in [0.717, 1.165) is 29.7 Å². The second-order valence-corrected chi connectivity index (χ2v) is 8.25. The molecule has 0 saturated carbocycles. The first-order valence-electron chi connectivity index (χ1n) is 9.56. The Hall–Kier alpha value is -2.68. The number of amides is 1. The van der Waals surface area contributed by atoms with Crippen LogP contribution in [0.4, 0.5) is 5.00 Å². The van der Waals surface area contributed by atoms with Crippen molar-refractivity contribution in [2.75, 3.05) is 11.9 Å². The lowest BCUT2D eigenvalue weighted by Gasteiger charge is -2.18. The molecule has 0 bridgehead atoms. The van der Waals surface area contributed by atoms with Gasteiger partial charge in [-0.2, -0.15) is 0 Å². The van der Waals surface area contributed by atoms with Crippen LogP contribution in [-0.4, -0.2) is 35.7 Å². The first kappa shape index (κ1) is 21.0. The van der Waals surface area contributed by atoms with Crippen molar-refractivity contribution in [1.82, 2.24) is 5.16 Å². The number of nitrogens with zero attached hydrogens (tertiary/aromatic N) is 1. The Labute approximate surface area is 172 Å². The number of carbonyl (C=O) groups is 3. The number of hydrogen-bond donors (Lipinski definition) is 1. The van der Waals surface area contributed by atoms with E-state index in [4.69, 9.17) is 14.0 Å². The minimum atomic E-state index is -1.08. The molecule has 3 rings (SSSR count). The quantitative estimate of drug-likeness (QED) is 0.712. The minimum Gasteiger partial charge on any atom is -0.462 e. The van der Waals surface area contributed by atoms with Crippen molar-refractivity contribution in [2.24, 2.45) is 5.92 Å². The molecule has 1 amide bonds. The van der Waals surface area contributed by atoms with E-state index < -0.39 is 23.9 Å². The molecule has 1 N–H and O–H groups in total. The number of esters is 2. The summed E-state index contributed by atoms with van der Waals surface area (Å²) in [7, 11) is 0. The fourth-order valence-corrected chi connectivity index (χ4v) is 4.61. The number of thiophene rings is 1. The van der Waals surface area contributed by atoms with Crippen LogP contribution in [0.3, 0.4) is 0 Å². The summed E-state index contributed by atoms with van der Waals surface area (Å²) in [6.07, 6.45) is 1.53. The number of aryl methyl sites for hydroxylation is 1. The van der Waals surface area contributed by atoms with Crippen LogP contribution >= 0.6 is 11.3 Å². The van der Waals surface area contributed by atoms with Gasteiger partial charge in [0.05, 0.1) is 17.9 Å². The van der Waals surface area contributed by atoms with Crippen molar-refractivity contribution >= 4 is 34.2 Å². The van der Waals surface area contributed by atoms with Gasteiger partial charge < -0.3 is 19.3 Å². The minimum absolute atomic E-state index is 0.0741. The highest BCUT2D eigenvalue weighted by atomic mass is 32.1. The maximum Gasteiger partial charge on any atom is 0.377 e. The second kappa shape index (κ2) is 8.77. The Morgan fingerprint density at radius 1 is 1.38 bits per heavy atom. The molecule has 0 saturated heterocycles. The van der Waals surface area contributed by atoms with E-state index in [1.165, 1.54) is 24.3 Å². The number of hydrogen-bond acceptors (Lipinski definition) is 8. The van der Waals surface area contributed by atoms with Crippen LogP contribution in [0.5, 0.6) is 0 Å². The number of fused-ring (bicyclic) bond motifs is 1. The predicted octanol–water partition coefficient (Wildman–Crippen LogP) is 3.53. The second-order valence-electron chi connectivity index (χ2n) is 7.15. The maximum atomic E-state index is 12.6. The largest absolute Gasteiger partial charge is 0.462 e. The molecule has 0 spiro atoms. The van der Waals surface area contributed by atoms with Gasteiger partial charge in [-0.1, -0.05) is 12.1 Å². The van der Waals surface area contributed by atoms with Gasteiger partial charge in [-0.3, -0.25) is 4.79 Å². The third-order valence-corrected chi connectivity index (χ3v) is 5.88. The summed E-state index contributed by atoms with van der Waals surface area (Å²) < 4.78 is 15.2. The zero-order valence-electron chi connectivity index (χ0n) is 16.9. The molecule has 2 atom stereocenters. The van der Waals surface area contributed by atoms with Gasteiger partial charge in [0.1, 0.15) is 5.00 Å². The van der Waals surface area contributed by atoms with Crippen LogP contribution in [0.1, 0.15) is 64.2 Å². The zero-order chi connectivity index (χ0) is 21.1. The first-order chi connectivity index (χ1) is 13.8. The molecule has 2 aromatic rings. The molecule has 0 aromatic carbocycles. The van der Waals surface area contributed by atoms with Crippen molar-refractivity contribution < 1.29 is 28.4 Å². The van der Waals surface area contributed by atoms with Crippen LogP contribution in [0, 0.1) is 12.8 Å². The number of carbonyl (C=O) groups excluding carboxylic acids is 3. The Balaban J connectivity index is 1.76. The Bertz CT molecular complexity index is 932. The molecule has 8 nitrogen and oxygen atoms in total. The van der Waals surface area contributed by atoms with E-state index in [1.54, 1.807) is 13.8 Å². The zero-order valence-corrected chi connectivity index (χ0v) is 17.7. The van der Waals surface area contributed by atoms with Crippen LogP contribution in [-0.2, 0) is 27.1 Å². The summed E-state index contributed by atoms with van der Waals surface area (Å²) in [6.45, 7) is 7.28. The summed E-state index contributed by atoms with van der Waals surface area (Å²) in [5.41, 5.74) is 1.90. The van der Waals surface area contributed by atoms with E-state index in [1.807, 2.05) is 0 Å². The lowest BCUT2D eigenvalue weighted by Crippen LogP contribution is -2.30. The molecule has 0 aliphatic heterocycles. The SMILES string of the molecule is CCOC(=O)c1c(NC(=O)[C@@H](C)OC(=O)c2cc(C)no2)sc2c1CC[C@H](C)C2. The highest BCUT2D eigenvalue weighted by Gasteiger charge is 2.30. The molecule has 156 valence electrons. The van der Waals surface area contributed by atoms with Gasteiger partial charge in [-0.25, -0.2) is 9.59 Å². The van der Waals surface area contributed by atoms with E-state index in [9.17, 15) is 14.4 Å². The summed E-state index contributed by atoms with van der Waals surface area (Å²) >= 11 is 1.38. The molecule has 9 heteroatoms. The molecular formula is C20H24N2O6S. The number of nitrogens with one attached hydrogen (secondary N) is 1. The Kier molecular flexibility index (Phi) is 6.36. The lowest BCUT2D eigenvalue weighted by atomic mass is 9.88. The standard InChI is InChI=1S/C20H24N2O6S/c1-5-26-20(25)16-13-7-6-10(2)8-15(13)29-18(16)21-17(23)12(4)27-19(24)14-9-11(3)22-28-14/h9-10,12H,5-8H2,1-4H3,(H,21,23)/t10-,12+/m0/s1. The Morgan fingerprint density at radius 2 is 2.14 bits per heavy atom. The maximum absolute atomic E-state index is 12.6. The van der Waals surface area contributed by atoms with Crippen LogP contribution in [0.15, 0.2) is 10.6 Å². The number of anilines is 1. The summed E-state index contributed by atoms with van der Waals surface area (Å²) in [4.78, 5) is 38.3. The smallest absolute Gasteiger partial charge is 0.377 e. The van der Waals surface area contributed by atoms with Crippen LogP contribution in [0.25, 0.3) is 0 Å². The van der Waals surface area contributed by atoms with Gasteiger partial charge in [0.15, 0.2) is 6.10 Å². The molecule has 0 fully saturated rings. The van der Waals surface area contributed by atoms with E-state index in [-0.39, 0.29) is 12.4 Å². The lowest BCUT2D eigenvalue weighted by molar-refractivity contribution is -0.123. The first-order valence-corrected chi connectivity index (χ1v) is 10.4. The van der Waals surface area contributed by atoms with Crippen LogP contribution < -0.4 is 5.32 Å². The van der Waals surface area contributed by atoms with Crippen LogP contribution in [0.2, 0.25) is 0 Å². The van der Waals surface area contributed by atoms with Crippen molar-refractivity contribution in [3.63, 3.8) is 0 Å². The highest BCUT2D eigenvalue weighted by Crippen LogP contribution is 2.40. The average molecular weight is 420 g/mol. The monoisotopic (exact) mass is 420 g/mol. The number of aromatic nitrogens is 1. The topological polar surface area (TPSA) is 108 Å². The summed E-state index contributed by atoms with van der Waals surface area (Å²) in [5.74, 6) is -1.32. The molecule has 1 aliphatic rings. The van der Waals surface area contributed by atoms with Gasteiger partial charge in [-0.05, 0) is 51.5 Å². The van der Waals surface area contributed by atoms with Gasteiger partial charge in [-0.15, -0.1) is 11.3 Å². The van der Waals surface area contributed by atoms with Gasteiger partial charge >= 0.3 is 11.9 Å². The van der Waals surface area contributed by atoms with Crippen molar-refractivity contribution in [3.8, 4) is 0 Å². The number of rotatable bonds is 6. The molecule has 0 radical (unpaired) electrons. The van der Waals surface area contributed by atoms with Gasteiger partial charge in [0.2, 0.25) is 5.76 Å². The fourth-order valence-electron chi connectivity index (χ4n) is 3.20. The predicted molar refractivity (Wildman–Crippen MR) is 106 cm³/mol. The number of ether oxygens (including phenoxy) is 2. The summed E-state index contributed by atoms with van der Waals surface area (Å²) in [6, 6.07) is 1.43. The highest BCUT2D eigenvalue weighted by molar-refractivity contribution is 7.17. The fraction of sp³-hybridized carbons (Fsp3) is 0.500. The average Bonchev–Trinajstić information content (AvgIpc) is 3.24. The summed E-state index contributed by atoms with van der Waals surface area (Å²) in [5, 5.41) is 6.80.